The first kappa shape index (κ1) is 22.5. The van der Waals surface area contributed by atoms with Crippen molar-refractivity contribution in [2.75, 3.05) is 13.1 Å². The molecule has 2 aromatic carbocycles. The number of hydrogen-bond acceptors (Lipinski definition) is 4. The number of carbonyl (C=O) groups is 1. The summed E-state index contributed by atoms with van der Waals surface area (Å²) >= 11 is 7.16. The summed E-state index contributed by atoms with van der Waals surface area (Å²) < 4.78 is 61.6. The summed E-state index contributed by atoms with van der Waals surface area (Å²) in [5.41, 5.74) is -0.874. The van der Waals surface area contributed by atoms with E-state index in [1.54, 1.807) is 0 Å². The van der Waals surface area contributed by atoms with Crippen molar-refractivity contribution in [3.05, 3.63) is 58.5 Å². The summed E-state index contributed by atoms with van der Waals surface area (Å²) in [5, 5.41) is 10.1. The minimum absolute atomic E-state index is 0.135. The third kappa shape index (κ3) is 3.73. The number of rotatable bonds is 4. The Hall–Kier alpha value is -2.65. The third-order valence-corrected chi connectivity index (χ3v) is 7.03. The van der Waals surface area contributed by atoms with Crippen LogP contribution in [-0.2, 0) is 4.79 Å². The highest BCUT2D eigenvalue weighted by Crippen LogP contribution is 2.46. The normalized spacial score (nSPS) is 19.0. The number of piperidine rings is 1. The summed E-state index contributed by atoms with van der Waals surface area (Å²) in [4.78, 5) is 13.6. The van der Waals surface area contributed by atoms with Gasteiger partial charge in [0.05, 0.1) is 10.6 Å². The average molecular weight is 485 g/mol. The highest BCUT2D eigenvalue weighted by molar-refractivity contribution is 7.07. The number of aromatic nitrogens is 1. The van der Waals surface area contributed by atoms with Crippen molar-refractivity contribution in [1.82, 2.24) is 9.27 Å². The second-order valence-electron chi connectivity index (χ2n) is 7.51. The maximum Gasteiger partial charge on any atom is 0.245 e. The van der Waals surface area contributed by atoms with Crippen LogP contribution in [0.2, 0.25) is 5.02 Å². The number of phenols is 1. The highest BCUT2D eigenvalue weighted by Gasteiger charge is 2.39. The van der Waals surface area contributed by atoms with E-state index >= 15 is 4.39 Å². The molecule has 0 radical (unpaired) electrons. The average Bonchev–Trinajstić information content (AvgIpc) is 3.18. The molecule has 4 rings (SSSR count). The smallest absolute Gasteiger partial charge is 0.245 e. The Kier molecular flexibility index (Phi) is 6.13. The second-order valence-corrected chi connectivity index (χ2v) is 8.72. The highest BCUT2D eigenvalue weighted by atomic mass is 35.5. The molecule has 168 valence electrons. The molecular formula is C22H17ClF4N2O2S. The second kappa shape index (κ2) is 8.71. The van der Waals surface area contributed by atoms with E-state index in [1.807, 2.05) is 0 Å². The van der Waals surface area contributed by atoms with E-state index in [9.17, 15) is 23.1 Å². The van der Waals surface area contributed by atoms with Crippen molar-refractivity contribution in [3.8, 4) is 16.9 Å². The molecule has 0 saturated carbocycles. The zero-order valence-electron chi connectivity index (χ0n) is 16.5. The number of hydrogen-bond donors (Lipinski definition) is 1. The summed E-state index contributed by atoms with van der Waals surface area (Å²) in [7, 11) is 0. The van der Waals surface area contributed by atoms with Crippen molar-refractivity contribution >= 4 is 39.9 Å². The molecule has 0 bridgehead atoms. The number of likely N-dealkylation sites (tertiary alicyclic amines) is 1. The first-order valence-corrected chi connectivity index (χ1v) is 10.8. The van der Waals surface area contributed by atoms with Crippen molar-refractivity contribution in [2.45, 2.75) is 18.8 Å². The first-order chi connectivity index (χ1) is 15.2. The largest absolute Gasteiger partial charge is 0.507 e. The molecule has 1 saturated heterocycles. The van der Waals surface area contributed by atoms with Gasteiger partial charge >= 0.3 is 0 Å². The van der Waals surface area contributed by atoms with Crippen LogP contribution in [0.15, 0.2) is 36.9 Å². The van der Waals surface area contributed by atoms with E-state index in [0.29, 0.717) is 4.88 Å². The number of fused-ring (bicyclic) bond motifs is 1. The molecule has 1 unspecified atom stereocenters. The SMILES string of the molecule is C=CC(=O)N1CCC(c2snc3c(F)c(-c4c(O)cccc4F)c(Cl)cc23)[C@@H](C(F)F)C1. The van der Waals surface area contributed by atoms with Crippen LogP contribution in [0.4, 0.5) is 17.6 Å². The molecule has 1 amide bonds. The molecule has 1 N–H and O–H groups in total. The van der Waals surface area contributed by atoms with Crippen LogP contribution in [0, 0.1) is 17.6 Å². The van der Waals surface area contributed by atoms with E-state index in [1.165, 1.54) is 23.1 Å². The van der Waals surface area contributed by atoms with E-state index in [0.717, 1.165) is 23.7 Å². The molecule has 1 aromatic heterocycles. The number of alkyl halides is 2. The Morgan fingerprint density at radius 3 is 2.75 bits per heavy atom. The predicted molar refractivity (Wildman–Crippen MR) is 115 cm³/mol. The topological polar surface area (TPSA) is 53.4 Å². The fourth-order valence-corrected chi connectivity index (χ4v) is 5.52. The van der Waals surface area contributed by atoms with Crippen LogP contribution in [-0.4, -0.2) is 39.8 Å². The monoisotopic (exact) mass is 484 g/mol. The standard InChI is InChI=1S/C22H17ClF4N2O2S/c1-2-16(31)29-7-6-10(12(9-29)22(26)27)21-11-8-13(23)17(19(25)20(11)28-32-21)18-14(24)4-3-5-15(18)30/h2-5,8,10,12,22,30H,1,6-7,9H2/t10?,12-/m0/s1. The van der Waals surface area contributed by atoms with Gasteiger partial charge in [-0.2, -0.15) is 4.37 Å². The zero-order chi connectivity index (χ0) is 23.2. The van der Waals surface area contributed by atoms with E-state index in [-0.39, 0.29) is 41.0 Å². The molecule has 1 aliphatic rings. The van der Waals surface area contributed by atoms with Crippen LogP contribution in [0.3, 0.4) is 0 Å². The number of aromatic hydroxyl groups is 1. The molecule has 1 aliphatic heterocycles. The molecule has 2 heterocycles. The van der Waals surface area contributed by atoms with Crippen LogP contribution in [0.25, 0.3) is 22.0 Å². The number of carbonyl (C=O) groups excluding carboxylic acids is 1. The fourth-order valence-electron chi connectivity index (χ4n) is 4.18. The van der Waals surface area contributed by atoms with Gasteiger partial charge in [0.25, 0.3) is 0 Å². The minimum atomic E-state index is -2.72. The summed E-state index contributed by atoms with van der Waals surface area (Å²) in [5.74, 6) is -4.55. The number of amides is 1. The third-order valence-electron chi connectivity index (χ3n) is 5.74. The van der Waals surface area contributed by atoms with E-state index < -0.39 is 47.1 Å². The van der Waals surface area contributed by atoms with Crippen molar-refractivity contribution in [3.63, 3.8) is 0 Å². The zero-order valence-corrected chi connectivity index (χ0v) is 18.1. The molecule has 1 fully saturated rings. The van der Waals surface area contributed by atoms with Crippen LogP contribution in [0.5, 0.6) is 5.75 Å². The van der Waals surface area contributed by atoms with Gasteiger partial charge in [-0.1, -0.05) is 24.2 Å². The van der Waals surface area contributed by atoms with Gasteiger partial charge in [0.15, 0.2) is 5.82 Å². The lowest BCUT2D eigenvalue weighted by atomic mass is 9.83. The molecule has 0 spiro atoms. The molecule has 10 heteroatoms. The number of halogens is 5. The summed E-state index contributed by atoms with van der Waals surface area (Å²) in [6.45, 7) is 3.48. The van der Waals surface area contributed by atoms with Gasteiger partial charge in [0.2, 0.25) is 12.3 Å². The van der Waals surface area contributed by atoms with E-state index in [2.05, 4.69) is 11.0 Å². The predicted octanol–water partition coefficient (Wildman–Crippen LogP) is 5.98. The molecule has 4 nitrogen and oxygen atoms in total. The van der Waals surface area contributed by atoms with Crippen molar-refractivity contribution < 1.29 is 27.5 Å². The molecule has 0 aliphatic carbocycles. The minimum Gasteiger partial charge on any atom is -0.507 e. The molecule has 3 aromatic rings. The Morgan fingerprint density at radius 1 is 1.34 bits per heavy atom. The maximum absolute atomic E-state index is 15.4. The quantitative estimate of drug-likeness (QED) is 0.366. The van der Waals surface area contributed by atoms with Crippen LogP contribution in [0.1, 0.15) is 17.2 Å². The van der Waals surface area contributed by atoms with Crippen LogP contribution >= 0.6 is 23.1 Å². The van der Waals surface area contributed by atoms with E-state index in [4.69, 9.17) is 11.6 Å². The van der Waals surface area contributed by atoms with Gasteiger partial charge in [-0.25, -0.2) is 17.6 Å². The lowest BCUT2D eigenvalue weighted by Gasteiger charge is -2.37. The Balaban J connectivity index is 1.81. The number of benzene rings is 2. The molecule has 32 heavy (non-hydrogen) atoms. The van der Waals surface area contributed by atoms with Gasteiger partial charge in [-0.15, -0.1) is 0 Å². The number of nitrogens with zero attached hydrogens (tertiary/aromatic N) is 2. The lowest BCUT2D eigenvalue weighted by Crippen LogP contribution is -2.44. The van der Waals surface area contributed by atoms with Gasteiger partial charge in [-0.05, 0) is 42.2 Å². The Bertz CT molecular complexity index is 1200. The molecule has 2 atom stereocenters. The summed E-state index contributed by atoms with van der Waals surface area (Å²) in [6.07, 6.45) is -1.40. The van der Waals surface area contributed by atoms with Gasteiger partial charge in [0, 0.05) is 40.8 Å². The van der Waals surface area contributed by atoms with Crippen molar-refractivity contribution in [2.24, 2.45) is 5.92 Å². The van der Waals surface area contributed by atoms with Gasteiger partial charge in [0.1, 0.15) is 17.1 Å². The number of phenolic OH excluding ortho intramolecular Hbond substituents is 1. The van der Waals surface area contributed by atoms with Gasteiger partial charge in [-0.3, -0.25) is 4.79 Å². The van der Waals surface area contributed by atoms with Crippen LogP contribution < -0.4 is 0 Å². The first-order valence-electron chi connectivity index (χ1n) is 9.69. The fraction of sp³-hybridized carbons (Fsp3) is 0.273. The Labute approximate surface area is 189 Å². The summed E-state index contributed by atoms with van der Waals surface area (Å²) in [6, 6.07) is 4.90. The Morgan fingerprint density at radius 2 is 2.09 bits per heavy atom. The maximum atomic E-state index is 15.4. The van der Waals surface area contributed by atoms with Crippen molar-refractivity contribution in [1.29, 1.82) is 0 Å². The lowest BCUT2D eigenvalue weighted by molar-refractivity contribution is -0.129. The molecular weight excluding hydrogens is 468 g/mol. The van der Waals surface area contributed by atoms with Gasteiger partial charge < -0.3 is 10.0 Å².